The highest BCUT2D eigenvalue weighted by atomic mass is 16.5. The van der Waals surface area contributed by atoms with Crippen molar-refractivity contribution in [1.82, 2.24) is 5.16 Å². The van der Waals surface area contributed by atoms with E-state index in [0.717, 1.165) is 44.3 Å². The van der Waals surface area contributed by atoms with Crippen molar-refractivity contribution in [2.75, 3.05) is 5.73 Å². The minimum atomic E-state index is -0.909. The van der Waals surface area contributed by atoms with Gasteiger partial charge in [0, 0.05) is 22.7 Å². The van der Waals surface area contributed by atoms with Crippen LogP contribution >= 0.6 is 0 Å². The lowest BCUT2D eigenvalue weighted by atomic mass is 9.46. The SMILES string of the molecule is C#CC1(O)CCC2C3CCC4=Cc5oncc5CC4(C)C3CCC21C.Nc1ccc(C(=O)Oc2ccccc2)c(O)c1. The molecule has 6 atom stereocenters. The number of benzene rings is 2. The summed E-state index contributed by atoms with van der Waals surface area (Å²) < 4.78 is 10.5. The number of nitrogens with two attached hydrogens (primary N) is 1. The Labute approximate surface area is 246 Å². The number of para-hydroxylation sites is 1. The molecule has 0 aliphatic heterocycles. The zero-order chi connectivity index (χ0) is 29.7. The number of aromatic hydroxyl groups is 1. The van der Waals surface area contributed by atoms with Gasteiger partial charge in [0.15, 0.2) is 5.76 Å². The van der Waals surface area contributed by atoms with Gasteiger partial charge in [-0.05, 0) is 98.5 Å². The average molecular weight is 567 g/mol. The second kappa shape index (κ2) is 10.4. The second-order valence-corrected chi connectivity index (χ2v) is 12.9. The molecule has 218 valence electrons. The van der Waals surface area contributed by atoms with Crippen molar-refractivity contribution in [1.29, 1.82) is 0 Å². The van der Waals surface area contributed by atoms with Crippen LogP contribution in [0.25, 0.3) is 6.08 Å². The van der Waals surface area contributed by atoms with Gasteiger partial charge in [0.1, 0.15) is 22.7 Å². The lowest BCUT2D eigenvalue weighted by Crippen LogP contribution is -2.54. The molecular formula is C35H38N2O5. The minimum Gasteiger partial charge on any atom is -0.507 e. The average Bonchev–Trinajstić information content (AvgIpc) is 3.53. The molecule has 4 aliphatic carbocycles. The first-order valence-electron chi connectivity index (χ1n) is 14.8. The van der Waals surface area contributed by atoms with Gasteiger partial charge < -0.3 is 25.2 Å². The van der Waals surface area contributed by atoms with E-state index in [-0.39, 0.29) is 22.1 Å². The summed E-state index contributed by atoms with van der Waals surface area (Å²) in [5, 5.41) is 24.7. The standard InChI is InChI=1S/C22H27NO2.C13H11NO3/c1-4-22(24)10-8-18-16-6-5-15-11-19-14(13-23-25-19)12-20(15,2)17(16)7-9-21(18,22)3;14-9-6-7-11(12(15)8-9)13(16)17-10-4-2-1-3-5-10/h1,11,13,16-18,24H,5-10,12H2,2-3H3;1-8,15H,14H2. The number of fused-ring (bicyclic) bond motifs is 6. The highest BCUT2D eigenvalue weighted by molar-refractivity contribution is 5.94. The van der Waals surface area contributed by atoms with Crippen LogP contribution in [0, 0.1) is 40.9 Å². The number of terminal acetylenes is 1. The highest BCUT2D eigenvalue weighted by Crippen LogP contribution is 2.67. The number of nitrogens with zero attached hydrogens (tertiary/aromatic N) is 1. The fourth-order valence-corrected chi connectivity index (χ4v) is 8.51. The maximum atomic E-state index is 11.7. The summed E-state index contributed by atoms with van der Waals surface area (Å²) >= 11 is 0. The molecule has 1 heterocycles. The number of esters is 1. The fraction of sp³-hybridized carbons (Fsp3) is 0.429. The van der Waals surface area contributed by atoms with Gasteiger partial charge in [-0.3, -0.25) is 0 Å². The molecule has 7 heteroatoms. The Hall–Kier alpha value is -4.02. The van der Waals surface area contributed by atoms with Crippen molar-refractivity contribution in [3.05, 3.63) is 77.2 Å². The number of nitrogen functional groups attached to an aromatic ring is 1. The van der Waals surface area contributed by atoms with Crippen molar-refractivity contribution in [2.45, 2.75) is 64.4 Å². The quantitative estimate of drug-likeness (QED) is 0.142. The van der Waals surface area contributed by atoms with E-state index in [1.165, 1.54) is 30.2 Å². The molecule has 2 aromatic carbocycles. The summed E-state index contributed by atoms with van der Waals surface area (Å²) in [6.07, 6.45) is 17.4. The zero-order valence-electron chi connectivity index (χ0n) is 24.2. The van der Waals surface area contributed by atoms with Crippen LogP contribution in [-0.4, -0.2) is 26.9 Å². The molecule has 0 saturated heterocycles. The Morgan fingerprint density at radius 1 is 1.12 bits per heavy atom. The molecule has 3 saturated carbocycles. The van der Waals surface area contributed by atoms with Gasteiger partial charge in [-0.2, -0.15) is 0 Å². The number of anilines is 1. The first kappa shape index (κ1) is 28.1. The van der Waals surface area contributed by atoms with Crippen LogP contribution in [0.2, 0.25) is 0 Å². The predicted molar refractivity (Wildman–Crippen MR) is 160 cm³/mol. The molecule has 3 fully saturated rings. The van der Waals surface area contributed by atoms with Crippen molar-refractivity contribution in [3.8, 4) is 23.8 Å². The normalized spacial score (nSPS) is 32.4. The number of ether oxygens (including phenoxy) is 1. The summed E-state index contributed by atoms with van der Waals surface area (Å²) in [4.78, 5) is 11.7. The third-order valence-electron chi connectivity index (χ3n) is 10.9. The van der Waals surface area contributed by atoms with Gasteiger partial charge in [0.05, 0.1) is 6.20 Å². The van der Waals surface area contributed by atoms with Crippen LogP contribution in [0.5, 0.6) is 11.5 Å². The van der Waals surface area contributed by atoms with Crippen molar-refractivity contribution < 1.29 is 24.3 Å². The summed E-state index contributed by atoms with van der Waals surface area (Å²) in [5.41, 5.74) is 7.93. The Balaban J connectivity index is 0.000000163. The molecule has 6 unspecified atom stereocenters. The van der Waals surface area contributed by atoms with Crippen LogP contribution in [0.3, 0.4) is 0 Å². The van der Waals surface area contributed by atoms with Crippen LogP contribution in [0.4, 0.5) is 5.69 Å². The van der Waals surface area contributed by atoms with Gasteiger partial charge in [0.25, 0.3) is 0 Å². The molecule has 4 aliphatic rings. The topological polar surface area (TPSA) is 119 Å². The van der Waals surface area contributed by atoms with E-state index in [9.17, 15) is 15.0 Å². The molecule has 0 spiro atoms. The Bertz CT molecular complexity index is 1570. The molecule has 7 rings (SSSR count). The molecule has 0 amide bonds. The number of hydrogen-bond donors (Lipinski definition) is 3. The largest absolute Gasteiger partial charge is 0.507 e. The Morgan fingerprint density at radius 3 is 2.62 bits per heavy atom. The van der Waals surface area contributed by atoms with Gasteiger partial charge in [-0.1, -0.05) is 48.7 Å². The van der Waals surface area contributed by atoms with Crippen LogP contribution in [0.15, 0.2) is 64.8 Å². The van der Waals surface area contributed by atoms with E-state index in [4.69, 9.17) is 21.4 Å². The van der Waals surface area contributed by atoms with E-state index >= 15 is 0 Å². The molecule has 4 N–H and O–H groups in total. The van der Waals surface area contributed by atoms with Gasteiger partial charge >= 0.3 is 5.97 Å². The number of allylic oxidation sites excluding steroid dienone is 1. The summed E-state index contributed by atoms with van der Waals surface area (Å²) in [5.74, 6) is 5.26. The number of hydrogen-bond acceptors (Lipinski definition) is 7. The van der Waals surface area contributed by atoms with E-state index in [2.05, 4.69) is 31.0 Å². The van der Waals surface area contributed by atoms with E-state index < -0.39 is 11.6 Å². The highest BCUT2D eigenvalue weighted by Gasteiger charge is 2.63. The lowest BCUT2D eigenvalue weighted by Gasteiger charge is -2.58. The number of rotatable bonds is 2. The molecule has 0 bridgehead atoms. The first-order valence-corrected chi connectivity index (χ1v) is 14.8. The van der Waals surface area contributed by atoms with Crippen LogP contribution in [-0.2, 0) is 6.42 Å². The van der Waals surface area contributed by atoms with Crippen molar-refractivity contribution in [2.24, 2.45) is 28.6 Å². The maximum Gasteiger partial charge on any atom is 0.347 e. The number of phenols is 1. The summed E-state index contributed by atoms with van der Waals surface area (Å²) in [6.45, 7) is 4.71. The predicted octanol–water partition coefficient (Wildman–Crippen LogP) is 6.41. The van der Waals surface area contributed by atoms with Gasteiger partial charge in [0.2, 0.25) is 0 Å². The van der Waals surface area contributed by atoms with Gasteiger partial charge in [-0.25, -0.2) is 4.79 Å². The Kier molecular flexibility index (Phi) is 6.93. The smallest absolute Gasteiger partial charge is 0.347 e. The lowest BCUT2D eigenvalue weighted by molar-refractivity contribution is -0.0975. The van der Waals surface area contributed by atoms with Crippen LogP contribution in [0.1, 0.15) is 74.1 Å². The summed E-state index contributed by atoms with van der Waals surface area (Å²) in [7, 11) is 0. The molecule has 0 radical (unpaired) electrons. The number of aromatic nitrogens is 1. The zero-order valence-corrected chi connectivity index (χ0v) is 24.2. The van der Waals surface area contributed by atoms with E-state index in [1.54, 1.807) is 29.8 Å². The van der Waals surface area contributed by atoms with Crippen molar-refractivity contribution >= 4 is 17.7 Å². The second-order valence-electron chi connectivity index (χ2n) is 12.9. The monoisotopic (exact) mass is 566 g/mol. The van der Waals surface area contributed by atoms with E-state index in [0.29, 0.717) is 29.2 Å². The molecule has 42 heavy (non-hydrogen) atoms. The fourth-order valence-electron chi connectivity index (χ4n) is 8.51. The maximum absolute atomic E-state index is 11.7. The number of phenolic OH excluding ortho intramolecular Hbond substituents is 1. The van der Waals surface area contributed by atoms with Gasteiger partial charge in [-0.15, -0.1) is 6.42 Å². The van der Waals surface area contributed by atoms with E-state index in [1.807, 2.05) is 12.3 Å². The van der Waals surface area contributed by atoms with Crippen LogP contribution < -0.4 is 10.5 Å². The third-order valence-corrected chi connectivity index (χ3v) is 10.9. The molecule has 1 aromatic heterocycles. The van der Waals surface area contributed by atoms with Crippen molar-refractivity contribution in [3.63, 3.8) is 0 Å². The number of aliphatic hydroxyl groups is 1. The first-order chi connectivity index (χ1) is 20.1. The minimum absolute atomic E-state index is 0.0862. The Morgan fingerprint density at radius 2 is 1.88 bits per heavy atom. The molecule has 3 aromatic rings. The molecule has 7 nitrogen and oxygen atoms in total. The number of carbonyl (C=O) groups is 1. The summed E-state index contributed by atoms with van der Waals surface area (Å²) in [6, 6.07) is 12.9. The number of carbonyl (C=O) groups excluding carboxylic acids is 1. The third kappa shape index (κ3) is 4.49. The molecular weight excluding hydrogens is 528 g/mol.